The third-order valence-electron chi connectivity index (χ3n) is 5.17. The highest BCUT2D eigenvalue weighted by Gasteiger charge is 2.32. The molecule has 4 heterocycles. The zero-order valence-corrected chi connectivity index (χ0v) is 16.1. The van der Waals surface area contributed by atoms with Crippen LogP contribution in [0.1, 0.15) is 5.69 Å². The Morgan fingerprint density at radius 3 is 2.45 bits per heavy atom. The Morgan fingerprint density at radius 2 is 1.77 bits per heavy atom. The van der Waals surface area contributed by atoms with Gasteiger partial charge in [0.05, 0.1) is 34.6 Å². The van der Waals surface area contributed by atoms with Crippen LogP contribution in [0.3, 0.4) is 0 Å². The number of benzene rings is 1. The van der Waals surface area contributed by atoms with E-state index in [2.05, 4.69) is 15.0 Å². The first-order chi connectivity index (χ1) is 14.8. The zero-order chi connectivity index (χ0) is 21.8. The minimum absolute atomic E-state index is 0.239. The molecule has 0 atom stereocenters. The summed E-state index contributed by atoms with van der Waals surface area (Å²) in [5, 5.41) is 0.691. The van der Waals surface area contributed by atoms with E-state index in [1.807, 2.05) is 30.3 Å². The first kappa shape index (κ1) is 19.0. The summed E-state index contributed by atoms with van der Waals surface area (Å²) < 4.78 is 41.5. The monoisotopic (exact) mass is 421 g/mol. The van der Waals surface area contributed by atoms with Gasteiger partial charge in [0.1, 0.15) is 5.69 Å². The van der Waals surface area contributed by atoms with Crippen molar-refractivity contribution in [1.29, 1.82) is 0 Å². The number of halogens is 3. The van der Waals surface area contributed by atoms with Crippen LogP contribution < -0.4 is 5.69 Å². The number of alkyl halides is 3. The van der Waals surface area contributed by atoms with Crippen LogP contribution in [-0.2, 0) is 13.2 Å². The second-order valence-electron chi connectivity index (χ2n) is 7.04. The van der Waals surface area contributed by atoms with Crippen molar-refractivity contribution in [3.8, 4) is 16.8 Å². The topological polar surface area (TPSA) is 65.6 Å². The van der Waals surface area contributed by atoms with Crippen LogP contribution >= 0.6 is 0 Å². The Morgan fingerprint density at radius 1 is 0.935 bits per heavy atom. The number of nitrogens with zero attached hydrogens (tertiary/aromatic N) is 5. The average molecular weight is 421 g/mol. The van der Waals surface area contributed by atoms with Crippen LogP contribution in [0.4, 0.5) is 13.2 Å². The van der Waals surface area contributed by atoms with Gasteiger partial charge in [-0.05, 0) is 35.9 Å². The SMILES string of the molecule is Cn1c(=O)n(-c2ccc(C(F)(F)F)nc2)c2c3cc(-c4cccnc4)ccc3ncc21. The summed E-state index contributed by atoms with van der Waals surface area (Å²) in [6, 6.07) is 11.5. The molecule has 6 nitrogen and oxygen atoms in total. The van der Waals surface area contributed by atoms with Crippen molar-refractivity contribution >= 4 is 21.9 Å². The van der Waals surface area contributed by atoms with Crippen LogP contribution in [0.5, 0.6) is 0 Å². The number of hydrogen-bond donors (Lipinski definition) is 0. The maximum absolute atomic E-state index is 13.0. The van der Waals surface area contributed by atoms with Gasteiger partial charge in [-0.1, -0.05) is 12.1 Å². The minimum Gasteiger partial charge on any atom is -0.293 e. The van der Waals surface area contributed by atoms with Crippen LogP contribution in [0, 0.1) is 0 Å². The molecule has 9 heteroatoms. The fourth-order valence-corrected chi connectivity index (χ4v) is 3.64. The lowest BCUT2D eigenvalue weighted by Gasteiger charge is -2.09. The smallest absolute Gasteiger partial charge is 0.293 e. The quantitative estimate of drug-likeness (QED) is 0.425. The highest BCUT2D eigenvalue weighted by atomic mass is 19.4. The van der Waals surface area contributed by atoms with Gasteiger partial charge >= 0.3 is 11.9 Å². The first-order valence-electron chi connectivity index (χ1n) is 9.29. The normalized spacial score (nSPS) is 12.0. The van der Waals surface area contributed by atoms with Crippen molar-refractivity contribution in [2.45, 2.75) is 6.18 Å². The number of aromatic nitrogens is 5. The molecule has 0 spiro atoms. The Bertz CT molecular complexity index is 1490. The summed E-state index contributed by atoms with van der Waals surface area (Å²) in [5.74, 6) is 0. The maximum atomic E-state index is 13.0. The van der Waals surface area contributed by atoms with Crippen molar-refractivity contribution in [2.75, 3.05) is 0 Å². The van der Waals surface area contributed by atoms with Gasteiger partial charge in [-0.2, -0.15) is 13.2 Å². The van der Waals surface area contributed by atoms with Gasteiger partial charge in [-0.3, -0.25) is 19.1 Å². The molecule has 0 amide bonds. The predicted octanol–water partition coefficient (Wildman–Crippen LogP) is 4.35. The Labute approximate surface area is 173 Å². The van der Waals surface area contributed by atoms with Crippen molar-refractivity contribution < 1.29 is 13.2 Å². The van der Waals surface area contributed by atoms with Crippen LogP contribution in [0.25, 0.3) is 38.8 Å². The number of aryl methyl sites for hydroxylation is 1. The largest absolute Gasteiger partial charge is 0.433 e. The molecule has 154 valence electrons. The average Bonchev–Trinajstić information content (AvgIpc) is 3.04. The standard InChI is InChI=1S/C22H14F3N5O/c1-29-18-12-27-17-6-4-13(14-3-2-8-26-10-14)9-16(17)20(18)30(21(29)31)15-5-7-19(28-11-15)22(23,24)25/h2-12H,1H3. The van der Waals surface area contributed by atoms with Gasteiger partial charge in [-0.15, -0.1) is 0 Å². The lowest BCUT2D eigenvalue weighted by molar-refractivity contribution is -0.141. The third-order valence-corrected chi connectivity index (χ3v) is 5.17. The molecule has 5 rings (SSSR count). The van der Waals surface area contributed by atoms with Gasteiger partial charge < -0.3 is 0 Å². The molecule has 0 bridgehead atoms. The van der Waals surface area contributed by atoms with Crippen molar-refractivity contribution in [2.24, 2.45) is 7.05 Å². The van der Waals surface area contributed by atoms with Crippen LogP contribution in [-0.4, -0.2) is 24.1 Å². The first-order valence-corrected chi connectivity index (χ1v) is 9.29. The number of imidazole rings is 1. The molecule has 1 aromatic carbocycles. The molecule has 4 aromatic heterocycles. The highest BCUT2D eigenvalue weighted by molar-refractivity contribution is 6.04. The van der Waals surface area contributed by atoms with E-state index < -0.39 is 17.6 Å². The molecule has 0 fully saturated rings. The minimum atomic E-state index is -4.56. The van der Waals surface area contributed by atoms with E-state index in [1.54, 1.807) is 25.6 Å². The second kappa shape index (κ2) is 6.76. The van der Waals surface area contributed by atoms with Gasteiger partial charge in [0, 0.05) is 30.4 Å². The van der Waals surface area contributed by atoms with E-state index in [-0.39, 0.29) is 5.69 Å². The van der Waals surface area contributed by atoms with Crippen LogP contribution in [0.15, 0.2) is 72.0 Å². The number of fused-ring (bicyclic) bond motifs is 3. The van der Waals surface area contributed by atoms with E-state index >= 15 is 0 Å². The number of hydrogen-bond acceptors (Lipinski definition) is 4. The Hall–Kier alpha value is -4.01. The molecular formula is C22H14F3N5O. The number of pyridine rings is 3. The highest BCUT2D eigenvalue weighted by Crippen LogP contribution is 2.31. The summed E-state index contributed by atoms with van der Waals surface area (Å²) >= 11 is 0. The Kier molecular flexibility index (Phi) is 4.14. The molecule has 0 aliphatic heterocycles. The van der Waals surface area contributed by atoms with Crippen LogP contribution in [0.2, 0.25) is 0 Å². The van der Waals surface area contributed by atoms with E-state index in [0.29, 0.717) is 21.9 Å². The van der Waals surface area contributed by atoms with Crippen molar-refractivity contribution in [3.05, 3.63) is 83.4 Å². The van der Waals surface area contributed by atoms with E-state index in [9.17, 15) is 18.0 Å². The molecule has 0 radical (unpaired) electrons. The summed E-state index contributed by atoms with van der Waals surface area (Å²) in [5.41, 5.74) is 2.34. The predicted molar refractivity (Wildman–Crippen MR) is 110 cm³/mol. The van der Waals surface area contributed by atoms with Gasteiger partial charge in [0.2, 0.25) is 0 Å². The fourth-order valence-electron chi connectivity index (χ4n) is 3.64. The lowest BCUT2D eigenvalue weighted by atomic mass is 10.0. The van der Waals surface area contributed by atoms with Gasteiger partial charge in [-0.25, -0.2) is 9.78 Å². The molecular weight excluding hydrogens is 407 g/mol. The van der Waals surface area contributed by atoms with Crippen molar-refractivity contribution in [1.82, 2.24) is 24.1 Å². The summed E-state index contributed by atoms with van der Waals surface area (Å²) in [6.45, 7) is 0. The fraction of sp³-hybridized carbons (Fsp3) is 0.0909. The molecule has 5 aromatic rings. The Balaban J connectivity index is 1.81. The lowest BCUT2D eigenvalue weighted by Crippen LogP contribution is -2.21. The molecule has 31 heavy (non-hydrogen) atoms. The van der Waals surface area contributed by atoms with E-state index in [1.165, 1.54) is 15.2 Å². The molecule has 0 unspecified atom stereocenters. The van der Waals surface area contributed by atoms with E-state index in [0.717, 1.165) is 23.4 Å². The number of rotatable bonds is 2. The summed E-state index contributed by atoms with van der Waals surface area (Å²) in [7, 11) is 1.59. The van der Waals surface area contributed by atoms with Gasteiger partial charge in [0.25, 0.3) is 0 Å². The molecule has 0 aliphatic rings. The summed E-state index contributed by atoms with van der Waals surface area (Å²) in [6.07, 6.45) is 1.48. The molecule has 0 N–H and O–H groups in total. The zero-order valence-electron chi connectivity index (χ0n) is 16.1. The molecule has 0 saturated carbocycles. The summed E-state index contributed by atoms with van der Waals surface area (Å²) in [4.78, 5) is 25.1. The molecule has 0 saturated heterocycles. The van der Waals surface area contributed by atoms with Crippen molar-refractivity contribution in [3.63, 3.8) is 0 Å². The molecule has 0 aliphatic carbocycles. The van der Waals surface area contributed by atoms with E-state index in [4.69, 9.17) is 0 Å². The maximum Gasteiger partial charge on any atom is 0.433 e. The third kappa shape index (κ3) is 3.05. The second-order valence-corrected chi connectivity index (χ2v) is 7.04. The van der Waals surface area contributed by atoms with Gasteiger partial charge in [0.15, 0.2) is 0 Å².